The summed E-state index contributed by atoms with van der Waals surface area (Å²) < 4.78 is 42.8. The molecule has 7 heteroatoms. The normalized spacial score (nSPS) is 11.1. The van der Waals surface area contributed by atoms with Gasteiger partial charge in [-0.3, -0.25) is 4.79 Å². The van der Waals surface area contributed by atoms with Gasteiger partial charge in [-0.1, -0.05) is 48.5 Å². The minimum absolute atomic E-state index is 0.0250. The molecule has 0 fully saturated rings. The van der Waals surface area contributed by atoms with Gasteiger partial charge in [0.15, 0.2) is 24.1 Å². The smallest absolute Gasteiger partial charge is 0.207 e. The topological polar surface area (TPSA) is 78.9 Å². The highest BCUT2D eigenvalue weighted by atomic mass is 32.2. The van der Waals surface area contributed by atoms with Crippen LogP contribution in [0.3, 0.4) is 0 Å². The molecule has 0 radical (unpaired) electrons. The number of sulfone groups is 1. The van der Waals surface area contributed by atoms with Crippen molar-refractivity contribution < 1.29 is 27.4 Å². The minimum atomic E-state index is -3.95. The average Bonchev–Trinajstić information content (AvgIpc) is 2.77. The van der Waals surface area contributed by atoms with Crippen LogP contribution in [0.4, 0.5) is 0 Å². The molecular formula is C23H22O6S. The van der Waals surface area contributed by atoms with E-state index in [-0.39, 0.29) is 40.3 Å². The third kappa shape index (κ3) is 4.87. The Morgan fingerprint density at radius 2 is 1.47 bits per heavy atom. The van der Waals surface area contributed by atoms with Crippen molar-refractivity contribution in [2.24, 2.45) is 0 Å². The molecule has 0 N–H and O–H groups in total. The SMILES string of the molecule is COCOc1cc(C(C)=O)c(S(=O)(=O)c2ccccc2)cc1OCc1ccccc1. The van der Waals surface area contributed by atoms with Crippen molar-refractivity contribution in [3.05, 3.63) is 83.9 Å². The highest BCUT2D eigenvalue weighted by molar-refractivity contribution is 7.91. The van der Waals surface area contributed by atoms with Crippen LogP contribution in [0.15, 0.2) is 82.6 Å². The van der Waals surface area contributed by atoms with E-state index in [2.05, 4.69) is 0 Å². The van der Waals surface area contributed by atoms with Crippen molar-refractivity contribution in [2.75, 3.05) is 13.9 Å². The first-order chi connectivity index (χ1) is 14.4. The van der Waals surface area contributed by atoms with Gasteiger partial charge in [0.2, 0.25) is 9.84 Å². The lowest BCUT2D eigenvalue weighted by Gasteiger charge is -2.17. The zero-order valence-corrected chi connectivity index (χ0v) is 17.5. The van der Waals surface area contributed by atoms with Gasteiger partial charge in [-0.25, -0.2) is 8.42 Å². The Kier molecular flexibility index (Phi) is 6.87. The van der Waals surface area contributed by atoms with Gasteiger partial charge in [-0.15, -0.1) is 0 Å². The molecule has 0 bridgehead atoms. The molecule has 0 amide bonds. The molecule has 6 nitrogen and oxygen atoms in total. The summed E-state index contributed by atoms with van der Waals surface area (Å²) in [6.45, 7) is 1.43. The molecule has 0 aliphatic rings. The monoisotopic (exact) mass is 426 g/mol. The van der Waals surface area contributed by atoms with Crippen LogP contribution in [0.25, 0.3) is 0 Å². The van der Waals surface area contributed by atoms with E-state index < -0.39 is 15.6 Å². The number of ether oxygens (including phenoxy) is 3. The molecule has 0 heterocycles. The highest BCUT2D eigenvalue weighted by Crippen LogP contribution is 2.36. The van der Waals surface area contributed by atoms with Gasteiger partial charge >= 0.3 is 0 Å². The summed E-state index contributed by atoms with van der Waals surface area (Å²) in [4.78, 5) is 12.2. The quantitative estimate of drug-likeness (QED) is 0.375. The second-order valence-corrected chi connectivity index (χ2v) is 8.41. The summed E-state index contributed by atoms with van der Waals surface area (Å²) in [7, 11) is -2.48. The molecule has 0 spiro atoms. The molecule has 0 atom stereocenters. The number of benzene rings is 3. The molecule has 3 aromatic carbocycles. The summed E-state index contributed by atoms with van der Waals surface area (Å²) in [5.74, 6) is 0.0294. The Labute approximate surface area is 175 Å². The fourth-order valence-electron chi connectivity index (χ4n) is 2.85. The summed E-state index contributed by atoms with van der Waals surface area (Å²) in [6.07, 6.45) is 0. The molecule has 0 aromatic heterocycles. The molecule has 3 rings (SSSR count). The van der Waals surface area contributed by atoms with Gasteiger partial charge in [0, 0.05) is 18.7 Å². The zero-order valence-electron chi connectivity index (χ0n) is 16.7. The molecule has 30 heavy (non-hydrogen) atoms. The third-order valence-corrected chi connectivity index (χ3v) is 6.15. The van der Waals surface area contributed by atoms with Gasteiger partial charge in [0.1, 0.15) is 6.61 Å². The first-order valence-corrected chi connectivity index (χ1v) is 10.7. The first kappa shape index (κ1) is 21.5. The van der Waals surface area contributed by atoms with Crippen molar-refractivity contribution in [1.82, 2.24) is 0 Å². The van der Waals surface area contributed by atoms with Crippen molar-refractivity contribution in [1.29, 1.82) is 0 Å². The van der Waals surface area contributed by atoms with E-state index in [1.54, 1.807) is 18.2 Å². The van der Waals surface area contributed by atoms with Crippen molar-refractivity contribution in [3.8, 4) is 11.5 Å². The maximum Gasteiger partial charge on any atom is 0.207 e. The fraction of sp³-hybridized carbons (Fsp3) is 0.174. The Morgan fingerprint density at radius 3 is 2.07 bits per heavy atom. The summed E-state index contributed by atoms with van der Waals surface area (Å²) in [5.41, 5.74) is 0.926. The molecular weight excluding hydrogens is 404 g/mol. The van der Waals surface area contributed by atoms with Crippen LogP contribution in [0, 0.1) is 0 Å². The van der Waals surface area contributed by atoms with Crippen LogP contribution < -0.4 is 9.47 Å². The first-order valence-electron chi connectivity index (χ1n) is 9.21. The minimum Gasteiger partial charge on any atom is -0.485 e. The Balaban J connectivity index is 2.09. The van der Waals surface area contributed by atoms with Crippen LogP contribution >= 0.6 is 0 Å². The van der Waals surface area contributed by atoms with Gasteiger partial charge in [-0.2, -0.15) is 0 Å². The molecule has 0 aliphatic heterocycles. The third-order valence-electron chi connectivity index (χ3n) is 4.34. The van der Waals surface area contributed by atoms with Crippen LogP contribution in [0.2, 0.25) is 0 Å². The molecule has 0 saturated heterocycles. The van der Waals surface area contributed by atoms with Gasteiger partial charge in [0.25, 0.3) is 0 Å². The van der Waals surface area contributed by atoms with Crippen LogP contribution in [-0.4, -0.2) is 28.1 Å². The maximum atomic E-state index is 13.2. The Hall–Kier alpha value is -3.16. The average molecular weight is 426 g/mol. The van der Waals surface area contributed by atoms with Crippen LogP contribution in [0.5, 0.6) is 11.5 Å². The van der Waals surface area contributed by atoms with Crippen LogP contribution in [-0.2, 0) is 21.2 Å². The zero-order chi connectivity index (χ0) is 21.6. The number of ketones is 1. The number of rotatable bonds is 9. The summed E-state index contributed by atoms with van der Waals surface area (Å²) >= 11 is 0. The van der Waals surface area contributed by atoms with Crippen molar-refractivity contribution in [2.45, 2.75) is 23.3 Å². The van der Waals surface area contributed by atoms with Crippen molar-refractivity contribution in [3.63, 3.8) is 0 Å². The summed E-state index contributed by atoms with van der Waals surface area (Å²) in [5, 5.41) is 0. The highest BCUT2D eigenvalue weighted by Gasteiger charge is 2.26. The lowest BCUT2D eigenvalue weighted by molar-refractivity contribution is 0.0482. The van der Waals surface area contributed by atoms with E-state index in [0.29, 0.717) is 0 Å². The number of carbonyl (C=O) groups excluding carboxylic acids is 1. The lowest BCUT2D eigenvalue weighted by atomic mass is 10.1. The van der Waals surface area contributed by atoms with Crippen LogP contribution in [0.1, 0.15) is 22.8 Å². The van der Waals surface area contributed by atoms with E-state index in [4.69, 9.17) is 14.2 Å². The van der Waals surface area contributed by atoms with E-state index >= 15 is 0 Å². The second-order valence-electron chi connectivity index (χ2n) is 6.49. The number of hydrogen-bond donors (Lipinski definition) is 0. The molecule has 0 aliphatic carbocycles. The van der Waals surface area contributed by atoms with E-state index in [9.17, 15) is 13.2 Å². The second kappa shape index (κ2) is 9.56. The molecule has 0 saturated carbocycles. The summed E-state index contributed by atoms with van der Waals surface area (Å²) in [6, 6.07) is 20.1. The predicted molar refractivity (Wildman–Crippen MR) is 112 cm³/mol. The largest absolute Gasteiger partial charge is 0.485 e. The van der Waals surface area contributed by atoms with Gasteiger partial charge < -0.3 is 14.2 Å². The van der Waals surface area contributed by atoms with Gasteiger partial charge in [-0.05, 0) is 30.7 Å². The number of methoxy groups -OCH3 is 1. The fourth-order valence-corrected chi connectivity index (χ4v) is 4.37. The molecule has 156 valence electrons. The standard InChI is InChI=1S/C23H22O6S/c1-17(24)20-13-21(29-16-27-2)22(28-15-18-9-5-3-6-10-18)14-23(20)30(25,26)19-11-7-4-8-12-19/h3-14H,15-16H2,1-2H3. The molecule has 0 unspecified atom stereocenters. The van der Waals surface area contributed by atoms with Crippen molar-refractivity contribution >= 4 is 15.6 Å². The van der Waals surface area contributed by atoms with Gasteiger partial charge in [0.05, 0.1) is 9.79 Å². The van der Waals surface area contributed by atoms with E-state index in [0.717, 1.165) is 5.56 Å². The Bertz CT molecular complexity index is 1110. The van der Waals surface area contributed by atoms with E-state index in [1.165, 1.54) is 38.3 Å². The Morgan fingerprint density at radius 1 is 0.867 bits per heavy atom. The number of Topliss-reactive ketones (excluding diaryl/α,β-unsaturated/α-hetero) is 1. The maximum absolute atomic E-state index is 13.2. The predicted octanol–water partition coefficient (Wildman–Crippen LogP) is 4.28. The van der Waals surface area contributed by atoms with E-state index in [1.807, 2.05) is 30.3 Å². The number of hydrogen-bond acceptors (Lipinski definition) is 6. The number of carbonyl (C=O) groups is 1. The lowest BCUT2D eigenvalue weighted by Crippen LogP contribution is -2.11. The molecule has 3 aromatic rings.